The molecule has 2 fully saturated rings. The Balaban J connectivity index is 1.89. The monoisotopic (exact) mass is 377 g/mol. The van der Waals surface area contributed by atoms with E-state index in [0.717, 1.165) is 31.2 Å². The minimum atomic E-state index is -0.698. The van der Waals surface area contributed by atoms with Gasteiger partial charge in [0.2, 0.25) is 0 Å². The van der Waals surface area contributed by atoms with E-state index in [9.17, 15) is 19.8 Å². The number of aromatic hydroxyl groups is 1. The van der Waals surface area contributed by atoms with Crippen molar-refractivity contribution in [1.29, 1.82) is 0 Å². The lowest BCUT2D eigenvalue weighted by molar-refractivity contribution is -0.141. The number of carbonyl (C=O) groups excluding carboxylic acids is 2. The van der Waals surface area contributed by atoms with E-state index in [4.69, 9.17) is 0 Å². The molecule has 0 aromatic heterocycles. The van der Waals surface area contributed by atoms with Gasteiger partial charge in [0.25, 0.3) is 11.7 Å². The molecule has 144 valence electrons. The van der Waals surface area contributed by atoms with Crippen LogP contribution in [0.15, 0.2) is 54.1 Å². The quantitative estimate of drug-likeness (QED) is 0.480. The number of benzene rings is 2. The van der Waals surface area contributed by atoms with Crippen LogP contribution in [-0.2, 0) is 9.59 Å². The highest BCUT2D eigenvalue weighted by molar-refractivity contribution is 6.46. The minimum absolute atomic E-state index is 0.0351. The van der Waals surface area contributed by atoms with E-state index in [-0.39, 0.29) is 23.1 Å². The first kappa shape index (κ1) is 18.3. The predicted octanol–water partition coefficient (Wildman–Crippen LogP) is 4.06. The highest BCUT2D eigenvalue weighted by Crippen LogP contribution is 2.43. The van der Waals surface area contributed by atoms with Crippen molar-refractivity contribution in [3.05, 3.63) is 70.8 Å². The van der Waals surface area contributed by atoms with E-state index in [1.807, 2.05) is 19.1 Å². The first-order valence-corrected chi connectivity index (χ1v) is 9.63. The van der Waals surface area contributed by atoms with Gasteiger partial charge in [-0.2, -0.15) is 0 Å². The van der Waals surface area contributed by atoms with Crippen LogP contribution in [0, 0.1) is 6.92 Å². The van der Waals surface area contributed by atoms with E-state index in [1.165, 1.54) is 0 Å². The molecule has 1 saturated heterocycles. The maximum atomic E-state index is 13.0. The number of nitrogens with zero attached hydrogens (tertiary/aromatic N) is 1. The molecule has 1 heterocycles. The highest BCUT2D eigenvalue weighted by Gasteiger charge is 2.49. The van der Waals surface area contributed by atoms with Gasteiger partial charge in [0.15, 0.2) is 0 Å². The Labute approximate surface area is 163 Å². The molecule has 1 aliphatic heterocycles. The zero-order valence-corrected chi connectivity index (χ0v) is 15.8. The van der Waals surface area contributed by atoms with Crippen molar-refractivity contribution in [2.24, 2.45) is 0 Å². The summed E-state index contributed by atoms with van der Waals surface area (Å²) in [5, 5.41) is 20.9. The molecular formula is C23H23NO4. The van der Waals surface area contributed by atoms with E-state index in [1.54, 1.807) is 41.3 Å². The second-order valence-corrected chi connectivity index (χ2v) is 7.61. The largest absolute Gasteiger partial charge is 0.508 e. The van der Waals surface area contributed by atoms with Crippen LogP contribution in [-0.4, -0.2) is 32.8 Å². The Morgan fingerprint density at radius 2 is 1.71 bits per heavy atom. The molecule has 2 N–H and O–H groups in total. The maximum absolute atomic E-state index is 13.0. The fourth-order valence-corrected chi connectivity index (χ4v) is 4.30. The molecule has 0 radical (unpaired) electrons. The second kappa shape index (κ2) is 7.15. The highest BCUT2D eigenvalue weighted by atomic mass is 16.3. The molecule has 28 heavy (non-hydrogen) atoms. The molecule has 1 saturated carbocycles. The first-order valence-electron chi connectivity index (χ1n) is 9.63. The second-order valence-electron chi connectivity index (χ2n) is 7.61. The number of carbonyl (C=O) groups is 2. The van der Waals surface area contributed by atoms with Gasteiger partial charge in [0.05, 0.1) is 11.6 Å². The molecule has 0 bridgehead atoms. The fraction of sp³-hybridized carbons (Fsp3) is 0.304. The van der Waals surface area contributed by atoms with Crippen molar-refractivity contribution in [2.75, 3.05) is 0 Å². The van der Waals surface area contributed by atoms with Crippen LogP contribution in [0.5, 0.6) is 5.75 Å². The summed E-state index contributed by atoms with van der Waals surface area (Å²) in [4.78, 5) is 27.5. The van der Waals surface area contributed by atoms with Gasteiger partial charge in [0, 0.05) is 11.6 Å². The summed E-state index contributed by atoms with van der Waals surface area (Å²) in [6.45, 7) is 1.94. The number of phenolic OH excluding ortho intramolecular Hbond substituents is 1. The molecule has 1 atom stereocenters. The average Bonchev–Trinajstić information content (AvgIpc) is 3.29. The SMILES string of the molecule is Cc1ccc(/C(O)=C2/C(=O)C(=O)N(C3CCCC3)C2c2cccc(O)c2)cc1. The van der Waals surface area contributed by atoms with Crippen LogP contribution in [0.1, 0.15) is 48.4 Å². The van der Waals surface area contributed by atoms with Gasteiger partial charge < -0.3 is 15.1 Å². The van der Waals surface area contributed by atoms with Crippen LogP contribution >= 0.6 is 0 Å². The number of likely N-dealkylation sites (tertiary alicyclic amines) is 1. The van der Waals surface area contributed by atoms with Gasteiger partial charge in [-0.05, 0) is 37.5 Å². The Hall–Kier alpha value is -3.08. The van der Waals surface area contributed by atoms with Gasteiger partial charge >= 0.3 is 0 Å². The van der Waals surface area contributed by atoms with E-state index in [2.05, 4.69) is 0 Å². The summed E-state index contributed by atoms with van der Waals surface area (Å²) in [5.41, 5.74) is 2.25. The fourth-order valence-electron chi connectivity index (χ4n) is 4.30. The number of amides is 1. The maximum Gasteiger partial charge on any atom is 0.295 e. The van der Waals surface area contributed by atoms with Crippen LogP contribution in [0.4, 0.5) is 0 Å². The number of hydrogen-bond acceptors (Lipinski definition) is 4. The molecule has 2 aliphatic rings. The zero-order chi connectivity index (χ0) is 19.8. The molecule has 5 nitrogen and oxygen atoms in total. The van der Waals surface area contributed by atoms with Crippen molar-refractivity contribution >= 4 is 17.4 Å². The third kappa shape index (κ3) is 3.07. The van der Waals surface area contributed by atoms with Crippen molar-refractivity contribution < 1.29 is 19.8 Å². The van der Waals surface area contributed by atoms with Crippen molar-refractivity contribution in [3.8, 4) is 5.75 Å². The van der Waals surface area contributed by atoms with Crippen LogP contribution in [0.25, 0.3) is 5.76 Å². The predicted molar refractivity (Wildman–Crippen MR) is 106 cm³/mol. The van der Waals surface area contributed by atoms with Gasteiger partial charge in [-0.25, -0.2) is 0 Å². The van der Waals surface area contributed by atoms with Gasteiger partial charge in [0.1, 0.15) is 11.5 Å². The summed E-state index contributed by atoms with van der Waals surface area (Å²) in [6, 6.07) is 13.0. The lowest BCUT2D eigenvalue weighted by Crippen LogP contribution is -2.37. The number of hydrogen-bond donors (Lipinski definition) is 2. The minimum Gasteiger partial charge on any atom is -0.508 e. The third-order valence-corrected chi connectivity index (χ3v) is 5.71. The van der Waals surface area contributed by atoms with Crippen molar-refractivity contribution in [1.82, 2.24) is 4.90 Å². The Morgan fingerprint density at radius 1 is 1.04 bits per heavy atom. The van der Waals surface area contributed by atoms with E-state index < -0.39 is 17.7 Å². The molecule has 0 spiro atoms. The zero-order valence-electron chi connectivity index (χ0n) is 15.8. The molecular weight excluding hydrogens is 354 g/mol. The summed E-state index contributed by atoms with van der Waals surface area (Å²) in [5.74, 6) is -1.36. The van der Waals surface area contributed by atoms with Crippen LogP contribution < -0.4 is 0 Å². The van der Waals surface area contributed by atoms with Gasteiger partial charge in [-0.15, -0.1) is 0 Å². The summed E-state index contributed by atoms with van der Waals surface area (Å²) < 4.78 is 0. The van der Waals surface area contributed by atoms with E-state index in [0.29, 0.717) is 11.1 Å². The summed E-state index contributed by atoms with van der Waals surface area (Å²) in [7, 11) is 0. The van der Waals surface area contributed by atoms with Gasteiger partial charge in [-0.1, -0.05) is 54.8 Å². The van der Waals surface area contributed by atoms with Gasteiger partial charge in [-0.3, -0.25) is 9.59 Å². The first-order chi connectivity index (χ1) is 13.5. The summed E-state index contributed by atoms with van der Waals surface area (Å²) in [6.07, 6.45) is 3.70. The molecule has 5 heteroatoms. The van der Waals surface area contributed by atoms with Crippen molar-refractivity contribution in [3.63, 3.8) is 0 Å². The third-order valence-electron chi connectivity index (χ3n) is 5.71. The Kier molecular flexibility index (Phi) is 4.67. The van der Waals surface area contributed by atoms with Crippen LogP contribution in [0.3, 0.4) is 0 Å². The Bertz CT molecular complexity index is 955. The number of aliphatic hydroxyl groups is 1. The smallest absolute Gasteiger partial charge is 0.295 e. The number of ketones is 1. The Morgan fingerprint density at radius 3 is 2.36 bits per heavy atom. The number of aliphatic hydroxyl groups excluding tert-OH is 1. The number of aryl methyl sites for hydroxylation is 1. The molecule has 2 aromatic rings. The molecule has 1 unspecified atom stereocenters. The van der Waals surface area contributed by atoms with Crippen LogP contribution in [0.2, 0.25) is 0 Å². The topological polar surface area (TPSA) is 77.8 Å². The number of rotatable bonds is 3. The number of Topliss-reactive ketones (excluding diaryl/α,β-unsaturated/α-hetero) is 1. The lowest BCUT2D eigenvalue weighted by atomic mass is 9.94. The van der Waals surface area contributed by atoms with Crippen molar-refractivity contribution in [2.45, 2.75) is 44.7 Å². The average molecular weight is 377 g/mol. The molecule has 2 aromatic carbocycles. The molecule has 1 aliphatic carbocycles. The molecule has 1 amide bonds. The summed E-state index contributed by atoms with van der Waals surface area (Å²) >= 11 is 0. The normalized spacial score (nSPS) is 22.2. The standard InChI is InChI=1S/C23H23NO4/c1-14-9-11-15(12-10-14)21(26)19-20(16-5-4-8-18(25)13-16)24(23(28)22(19)27)17-6-2-3-7-17/h4-5,8-13,17,20,25-26H,2-3,6-7H2,1H3/b21-19-. The number of phenols is 1. The van der Waals surface area contributed by atoms with E-state index >= 15 is 0 Å². The lowest BCUT2D eigenvalue weighted by Gasteiger charge is -2.30. The molecule has 4 rings (SSSR count).